The van der Waals surface area contributed by atoms with Gasteiger partial charge in [-0.25, -0.2) is 9.49 Å². The Labute approximate surface area is 234 Å². The first-order chi connectivity index (χ1) is 19.4. The molecule has 0 unspecified atom stereocenters. The van der Waals surface area contributed by atoms with E-state index in [1.807, 2.05) is 19.1 Å². The molecule has 40 heavy (non-hydrogen) atoms. The minimum atomic E-state index is -0.564. The number of hydrogen-bond acceptors (Lipinski definition) is 5. The lowest BCUT2D eigenvalue weighted by molar-refractivity contribution is 0.0667. The minimum Gasteiger partial charge on any atom is -0.367 e. The summed E-state index contributed by atoms with van der Waals surface area (Å²) in [6, 6.07) is 8.43. The third-order valence-corrected chi connectivity index (χ3v) is 7.22. The van der Waals surface area contributed by atoms with Crippen molar-refractivity contribution in [3.05, 3.63) is 99.0 Å². The molecule has 206 valence electrons. The average molecular weight is 540 g/mol. The quantitative estimate of drug-likeness (QED) is 0.241. The van der Waals surface area contributed by atoms with Gasteiger partial charge in [0.2, 0.25) is 0 Å². The molecule has 0 bridgehead atoms. The number of aromatic amines is 1. The van der Waals surface area contributed by atoms with E-state index in [4.69, 9.17) is 6.42 Å². The maximum Gasteiger partial charge on any atom is 0.272 e. The first-order valence-corrected chi connectivity index (χ1v) is 13.5. The molecule has 3 aromatic rings. The fourth-order valence-corrected chi connectivity index (χ4v) is 5.09. The molecule has 1 amide bonds. The van der Waals surface area contributed by atoms with Gasteiger partial charge >= 0.3 is 0 Å². The average Bonchev–Trinajstić information content (AvgIpc) is 2.97. The molecular weight excluding hydrogens is 505 g/mol. The van der Waals surface area contributed by atoms with Crippen LogP contribution in [-0.4, -0.2) is 58.3 Å². The van der Waals surface area contributed by atoms with Crippen molar-refractivity contribution in [1.29, 1.82) is 0 Å². The van der Waals surface area contributed by atoms with Gasteiger partial charge in [-0.15, -0.1) is 12.3 Å². The fraction of sp³-hybridized carbons (Fsp3) is 0.312. The van der Waals surface area contributed by atoms with E-state index in [2.05, 4.69) is 39.5 Å². The molecule has 1 fully saturated rings. The summed E-state index contributed by atoms with van der Waals surface area (Å²) in [4.78, 5) is 33.8. The lowest BCUT2D eigenvalue weighted by atomic mass is 9.95. The van der Waals surface area contributed by atoms with Crippen LogP contribution in [0.1, 0.15) is 52.5 Å². The van der Waals surface area contributed by atoms with Crippen molar-refractivity contribution in [3.63, 3.8) is 0 Å². The summed E-state index contributed by atoms with van der Waals surface area (Å²) in [7, 11) is 0. The number of aryl methyl sites for hydroxylation is 2. The van der Waals surface area contributed by atoms with Crippen LogP contribution in [0, 0.1) is 25.1 Å². The van der Waals surface area contributed by atoms with Gasteiger partial charge in [0.25, 0.3) is 11.5 Å². The van der Waals surface area contributed by atoms with Gasteiger partial charge in [-0.05, 0) is 54.3 Å². The van der Waals surface area contributed by atoms with Crippen molar-refractivity contribution < 1.29 is 9.18 Å². The van der Waals surface area contributed by atoms with Gasteiger partial charge in [-0.3, -0.25) is 14.6 Å². The highest BCUT2D eigenvalue weighted by atomic mass is 19.1. The number of aliphatic imine (C=N–C) groups is 1. The largest absolute Gasteiger partial charge is 0.367 e. The number of nitrogens with zero attached hydrogens (tertiary/aromatic N) is 4. The number of allylic oxidation sites excluding steroid dienone is 1. The standard InChI is InChI=1S/C32H34FN5O2/c1-5-8-14-34-21-25(7-3)37-15-17-38(18-16-37)32(40)27-19-23(10-13-28(27)33)20-29-30-22(4)24(9-6-2)11-12-26(30)31(39)36-35-29/h1,7,10-14,19,21H,3,6,8-9,15-18,20H2,2,4H3,(H,36,39)/b25-21+,34-14?. The van der Waals surface area contributed by atoms with Gasteiger partial charge in [-0.1, -0.05) is 32.1 Å². The van der Waals surface area contributed by atoms with E-state index in [1.54, 1.807) is 35.5 Å². The minimum absolute atomic E-state index is 0.0291. The Morgan fingerprint density at radius 3 is 2.67 bits per heavy atom. The molecule has 0 radical (unpaired) electrons. The number of rotatable bonds is 9. The molecule has 1 aliphatic rings. The summed E-state index contributed by atoms with van der Waals surface area (Å²) in [5.74, 6) is 1.59. The van der Waals surface area contributed by atoms with Gasteiger partial charge in [0, 0.05) is 56.8 Å². The second-order valence-corrected chi connectivity index (χ2v) is 9.79. The molecule has 1 N–H and O–H groups in total. The molecule has 0 spiro atoms. The number of piperazine rings is 1. The van der Waals surface area contributed by atoms with Gasteiger partial charge < -0.3 is 9.80 Å². The van der Waals surface area contributed by atoms with Crippen molar-refractivity contribution >= 4 is 22.9 Å². The lowest BCUT2D eigenvalue weighted by Gasteiger charge is -2.36. The van der Waals surface area contributed by atoms with E-state index < -0.39 is 5.82 Å². The van der Waals surface area contributed by atoms with Crippen LogP contribution >= 0.6 is 0 Å². The van der Waals surface area contributed by atoms with E-state index in [0.29, 0.717) is 50.1 Å². The lowest BCUT2D eigenvalue weighted by Crippen LogP contribution is -2.48. The molecule has 0 aliphatic carbocycles. The number of aromatic nitrogens is 2. The van der Waals surface area contributed by atoms with Crippen LogP contribution in [0.3, 0.4) is 0 Å². The summed E-state index contributed by atoms with van der Waals surface area (Å²) in [6.07, 6.45) is 13.0. The molecule has 0 atom stereocenters. The van der Waals surface area contributed by atoms with Crippen LogP contribution in [0.2, 0.25) is 0 Å². The summed E-state index contributed by atoms with van der Waals surface area (Å²) in [5, 5.41) is 8.34. The van der Waals surface area contributed by atoms with E-state index in [1.165, 1.54) is 11.6 Å². The van der Waals surface area contributed by atoms with Crippen molar-refractivity contribution in [1.82, 2.24) is 20.0 Å². The first-order valence-electron chi connectivity index (χ1n) is 13.5. The maximum absolute atomic E-state index is 14.9. The third kappa shape index (κ3) is 6.20. The number of H-pyrrole nitrogens is 1. The van der Waals surface area contributed by atoms with E-state index in [-0.39, 0.29) is 17.0 Å². The monoisotopic (exact) mass is 539 g/mol. The Morgan fingerprint density at radius 1 is 1.23 bits per heavy atom. The smallest absolute Gasteiger partial charge is 0.272 e. The van der Waals surface area contributed by atoms with Crippen molar-refractivity contribution in [2.75, 3.05) is 26.2 Å². The summed E-state index contributed by atoms with van der Waals surface area (Å²) >= 11 is 0. The highest BCUT2D eigenvalue weighted by Gasteiger charge is 2.25. The molecule has 7 nitrogen and oxygen atoms in total. The van der Waals surface area contributed by atoms with E-state index >= 15 is 0 Å². The van der Waals surface area contributed by atoms with Crippen LogP contribution in [0.25, 0.3) is 10.8 Å². The number of carbonyl (C=O) groups excluding carboxylic acids is 1. The molecule has 4 rings (SSSR count). The van der Waals surface area contributed by atoms with E-state index in [0.717, 1.165) is 35.1 Å². The second kappa shape index (κ2) is 13.0. The third-order valence-electron chi connectivity index (χ3n) is 7.22. The number of amides is 1. The number of hydrogen-bond donors (Lipinski definition) is 1. The Kier molecular flexibility index (Phi) is 9.28. The van der Waals surface area contributed by atoms with Gasteiger partial charge in [0.05, 0.1) is 22.3 Å². The normalized spacial score (nSPS) is 14.1. The first kappa shape index (κ1) is 28.5. The predicted molar refractivity (Wildman–Crippen MR) is 158 cm³/mol. The summed E-state index contributed by atoms with van der Waals surface area (Å²) < 4.78 is 14.9. The molecule has 1 aromatic heterocycles. The zero-order valence-electron chi connectivity index (χ0n) is 23.0. The highest BCUT2D eigenvalue weighted by Crippen LogP contribution is 2.25. The summed E-state index contributed by atoms with van der Waals surface area (Å²) in [5.41, 5.74) is 4.26. The Bertz CT molecular complexity index is 1570. The fourth-order valence-electron chi connectivity index (χ4n) is 5.09. The van der Waals surface area contributed by atoms with Crippen LogP contribution in [0.4, 0.5) is 4.39 Å². The maximum atomic E-state index is 14.9. The van der Waals surface area contributed by atoms with Crippen molar-refractivity contribution in [2.24, 2.45) is 4.99 Å². The molecule has 8 heteroatoms. The Hall–Kier alpha value is -4.51. The van der Waals surface area contributed by atoms with Crippen LogP contribution < -0.4 is 5.56 Å². The molecule has 2 aromatic carbocycles. The number of terminal acetylenes is 1. The van der Waals surface area contributed by atoms with Crippen LogP contribution in [0.5, 0.6) is 0 Å². The number of carbonyl (C=O) groups is 1. The Balaban J connectivity index is 1.54. The number of halogens is 1. The number of fused-ring (bicyclic) bond motifs is 1. The van der Waals surface area contributed by atoms with Gasteiger partial charge in [0.15, 0.2) is 0 Å². The summed E-state index contributed by atoms with van der Waals surface area (Å²) in [6.45, 7) is 10.00. The van der Waals surface area contributed by atoms with Crippen LogP contribution in [-0.2, 0) is 12.8 Å². The molecular formula is C32H34FN5O2. The molecule has 2 heterocycles. The molecule has 1 saturated heterocycles. The second-order valence-electron chi connectivity index (χ2n) is 9.79. The topological polar surface area (TPSA) is 81.7 Å². The number of benzene rings is 2. The van der Waals surface area contributed by atoms with Gasteiger partial charge in [0.1, 0.15) is 5.82 Å². The Morgan fingerprint density at radius 2 is 1.98 bits per heavy atom. The van der Waals surface area contributed by atoms with Crippen molar-refractivity contribution in [2.45, 2.75) is 39.5 Å². The van der Waals surface area contributed by atoms with E-state index in [9.17, 15) is 14.0 Å². The molecule has 1 aliphatic heterocycles. The number of nitrogens with one attached hydrogen (secondary N) is 1. The zero-order chi connectivity index (χ0) is 28.6. The zero-order valence-corrected chi connectivity index (χ0v) is 23.0. The highest BCUT2D eigenvalue weighted by molar-refractivity contribution is 5.95. The van der Waals surface area contributed by atoms with Crippen LogP contribution in [0.15, 0.2) is 64.7 Å². The SMILES string of the molecule is C#CCC=N/C=C(\C=C)N1CCN(C(=O)c2cc(Cc3n[nH]c(=O)c4ccc(CCC)c(C)c34)ccc2F)CC1. The van der Waals surface area contributed by atoms with Crippen molar-refractivity contribution in [3.8, 4) is 12.3 Å². The predicted octanol–water partition coefficient (Wildman–Crippen LogP) is 4.79. The van der Waals surface area contributed by atoms with Gasteiger partial charge in [-0.2, -0.15) is 5.10 Å². The molecule has 0 saturated carbocycles.